The molecule has 2 N–H and O–H groups in total. The largest absolute Gasteiger partial charge is 0.334 e. The molecule has 4 heteroatoms. The van der Waals surface area contributed by atoms with Crippen molar-refractivity contribution in [2.75, 3.05) is 0 Å². The van der Waals surface area contributed by atoms with Crippen molar-refractivity contribution in [1.29, 1.82) is 0 Å². The van der Waals surface area contributed by atoms with E-state index in [0.717, 1.165) is 18.8 Å². The van der Waals surface area contributed by atoms with E-state index in [2.05, 4.69) is 23.4 Å². The van der Waals surface area contributed by atoms with Crippen LogP contribution in [0.25, 0.3) is 0 Å². The summed E-state index contributed by atoms with van der Waals surface area (Å²) in [5.41, 5.74) is 5.93. The predicted molar refractivity (Wildman–Crippen MR) is 64.7 cm³/mol. The molecule has 1 unspecified atom stereocenters. The van der Waals surface area contributed by atoms with Crippen LogP contribution in [-0.4, -0.2) is 9.55 Å². The molecule has 0 bridgehead atoms. The summed E-state index contributed by atoms with van der Waals surface area (Å²) in [5.74, 6) is 1.02. The molecule has 0 fully saturated rings. The number of aryl methyl sites for hydroxylation is 1. The van der Waals surface area contributed by atoms with Gasteiger partial charge in [-0.3, -0.25) is 0 Å². The molecule has 0 aliphatic heterocycles. The quantitative estimate of drug-likeness (QED) is 0.886. The third-order valence-electron chi connectivity index (χ3n) is 2.27. The average molecular weight is 262 g/mol. The molecular formula is C10H20BrN3. The lowest BCUT2D eigenvalue weighted by atomic mass is 10.2. The Morgan fingerprint density at radius 2 is 2.21 bits per heavy atom. The highest BCUT2D eigenvalue weighted by Crippen LogP contribution is 2.11. The molecule has 82 valence electrons. The summed E-state index contributed by atoms with van der Waals surface area (Å²) in [6.07, 6.45) is 7.20. The highest BCUT2D eigenvalue weighted by molar-refractivity contribution is 8.93. The third-order valence-corrected chi connectivity index (χ3v) is 2.27. The lowest BCUT2D eigenvalue weighted by Gasteiger charge is -2.11. The summed E-state index contributed by atoms with van der Waals surface area (Å²) < 4.78 is 2.16. The van der Waals surface area contributed by atoms with Crippen LogP contribution in [0.4, 0.5) is 0 Å². The zero-order valence-corrected chi connectivity index (χ0v) is 10.7. The normalized spacial score (nSPS) is 12.2. The summed E-state index contributed by atoms with van der Waals surface area (Å²) in [6.45, 7) is 5.32. The maximum atomic E-state index is 5.93. The molecule has 0 radical (unpaired) electrons. The minimum Gasteiger partial charge on any atom is -0.334 e. The molecule has 1 atom stereocenters. The van der Waals surface area contributed by atoms with Crippen LogP contribution >= 0.6 is 17.0 Å². The molecule has 1 rings (SSSR count). The van der Waals surface area contributed by atoms with Crippen LogP contribution in [0.15, 0.2) is 12.4 Å². The van der Waals surface area contributed by atoms with Gasteiger partial charge in [0.15, 0.2) is 0 Å². The number of unbranched alkanes of at least 4 members (excludes halogenated alkanes) is 1. The Morgan fingerprint density at radius 3 is 2.79 bits per heavy atom. The van der Waals surface area contributed by atoms with Crippen LogP contribution < -0.4 is 5.73 Å². The van der Waals surface area contributed by atoms with E-state index < -0.39 is 0 Å². The molecule has 14 heavy (non-hydrogen) atoms. The number of halogens is 1. The number of nitrogens with zero attached hydrogens (tertiary/aromatic N) is 2. The smallest absolute Gasteiger partial charge is 0.125 e. The summed E-state index contributed by atoms with van der Waals surface area (Å²) in [5, 5.41) is 0. The highest BCUT2D eigenvalue weighted by Gasteiger charge is 2.09. The average Bonchev–Trinajstić information content (AvgIpc) is 2.61. The monoisotopic (exact) mass is 261 g/mol. The minimum atomic E-state index is 0. The van der Waals surface area contributed by atoms with E-state index >= 15 is 0 Å². The first-order valence-corrected chi connectivity index (χ1v) is 5.06. The number of aromatic nitrogens is 2. The van der Waals surface area contributed by atoms with Gasteiger partial charge in [0.2, 0.25) is 0 Å². The maximum absolute atomic E-state index is 5.93. The molecular weight excluding hydrogens is 242 g/mol. The van der Waals surface area contributed by atoms with Crippen molar-refractivity contribution in [3.63, 3.8) is 0 Å². The van der Waals surface area contributed by atoms with Crippen molar-refractivity contribution >= 4 is 17.0 Å². The Balaban J connectivity index is 0.00000169. The number of imidazole rings is 1. The molecule has 1 aromatic rings. The molecule has 0 spiro atoms. The molecule has 0 aliphatic rings. The molecule has 3 nitrogen and oxygen atoms in total. The van der Waals surface area contributed by atoms with Gasteiger partial charge >= 0.3 is 0 Å². The van der Waals surface area contributed by atoms with Crippen LogP contribution in [0.3, 0.4) is 0 Å². The van der Waals surface area contributed by atoms with Crippen molar-refractivity contribution in [2.24, 2.45) is 5.73 Å². The lowest BCUT2D eigenvalue weighted by molar-refractivity contribution is 0.550. The van der Waals surface area contributed by atoms with Gasteiger partial charge in [0.05, 0.1) is 6.04 Å². The number of nitrogens with two attached hydrogens (primary N) is 1. The first-order chi connectivity index (χ1) is 6.29. The second kappa shape index (κ2) is 7.01. The van der Waals surface area contributed by atoms with E-state index in [0.29, 0.717) is 0 Å². The first kappa shape index (κ1) is 13.7. The summed E-state index contributed by atoms with van der Waals surface area (Å²) >= 11 is 0. The lowest BCUT2D eigenvalue weighted by Crippen LogP contribution is -2.15. The van der Waals surface area contributed by atoms with E-state index in [4.69, 9.17) is 5.73 Å². The van der Waals surface area contributed by atoms with Gasteiger partial charge in [-0.25, -0.2) is 4.98 Å². The Labute approximate surface area is 96.5 Å². The van der Waals surface area contributed by atoms with E-state index in [-0.39, 0.29) is 23.0 Å². The summed E-state index contributed by atoms with van der Waals surface area (Å²) in [4.78, 5) is 4.28. The number of hydrogen-bond acceptors (Lipinski definition) is 2. The van der Waals surface area contributed by atoms with Crippen molar-refractivity contribution in [3.05, 3.63) is 18.2 Å². The Hall–Kier alpha value is -0.350. The van der Waals surface area contributed by atoms with Gasteiger partial charge in [0.25, 0.3) is 0 Å². The molecule has 0 amide bonds. The Morgan fingerprint density at radius 1 is 1.50 bits per heavy atom. The van der Waals surface area contributed by atoms with Crippen molar-refractivity contribution in [3.8, 4) is 0 Å². The van der Waals surface area contributed by atoms with Gasteiger partial charge < -0.3 is 10.3 Å². The SMILES string of the molecule is Br.CCCCn1ccnc1C(N)CC. The van der Waals surface area contributed by atoms with Crippen molar-refractivity contribution < 1.29 is 0 Å². The molecule has 1 heterocycles. The molecule has 1 aromatic heterocycles. The first-order valence-electron chi connectivity index (χ1n) is 5.06. The van der Waals surface area contributed by atoms with E-state index in [1.807, 2.05) is 12.4 Å². The zero-order chi connectivity index (χ0) is 9.68. The topological polar surface area (TPSA) is 43.8 Å². The molecule has 0 aromatic carbocycles. The van der Waals surface area contributed by atoms with Crippen LogP contribution in [0.1, 0.15) is 45.0 Å². The van der Waals surface area contributed by atoms with Crippen LogP contribution in [0.5, 0.6) is 0 Å². The molecule has 0 saturated carbocycles. The maximum Gasteiger partial charge on any atom is 0.125 e. The Kier molecular flexibility index (Phi) is 6.83. The fraction of sp³-hybridized carbons (Fsp3) is 0.700. The van der Waals surface area contributed by atoms with Crippen molar-refractivity contribution in [2.45, 2.75) is 45.7 Å². The van der Waals surface area contributed by atoms with Gasteiger partial charge in [0, 0.05) is 18.9 Å². The standard InChI is InChI=1S/C10H19N3.BrH/c1-3-5-7-13-8-6-12-10(13)9(11)4-2;/h6,8-9H,3-5,7,11H2,1-2H3;1H. The number of hydrogen-bond donors (Lipinski definition) is 1. The zero-order valence-electron chi connectivity index (χ0n) is 8.94. The second-order valence-electron chi connectivity index (χ2n) is 3.35. The fourth-order valence-corrected chi connectivity index (χ4v) is 1.35. The minimum absolute atomic E-state index is 0. The van der Waals surface area contributed by atoms with Gasteiger partial charge in [-0.1, -0.05) is 20.3 Å². The second-order valence-corrected chi connectivity index (χ2v) is 3.35. The molecule has 0 aliphatic carbocycles. The predicted octanol–water partition coefficient (Wildman–Crippen LogP) is 2.67. The van der Waals surface area contributed by atoms with Crippen LogP contribution in [0.2, 0.25) is 0 Å². The Bertz CT molecular complexity index is 247. The van der Waals surface area contributed by atoms with Crippen molar-refractivity contribution in [1.82, 2.24) is 9.55 Å². The van der Waals surface area contributed by atoms with E-state index in [1.54, 1.807) is 0 Å². The fourth-order valence-electron chi connectivity index (χ4n) is 1.35. The van der Waals surface area contributed by atoms with Crippen LogP contribution in [-0.2, 0) is 6.54 Å². The van der Waals surface area contributed by atoms with Gasteiger partial charge in [0.1, 0.15) is 5.82 Å². The van der Waals surface area contributed by atoms with E-state index in [1.165, 1.54) is 12.8 Å². The van der Waals surface area contributed by atoms with Gasteiger partial charge in [-0.05, 0) is 12.8 Å². The van der Waals surface area contributed by atoms with Crippen LogP contribution in [0, 0.1) is 0 Å². The summed E-state index contributed by atoms with van der Waals surface area (Å²) in [7, 11) is 0. The highest BCUT2D eigenvalue weighted by atomic mass is 79.9. The van der Waals surface area contributed by atoms with Gasteiger partial charge in [-0.15, -0.1) is 17.0 Å². The summed E-state index contributed by atoms with van der Waals surface area (Å²) in [6, 6.07) is 0.0897. The van der Waals surface area contributed by atoms with E-state index in [9.17, 15) is 0 Å². The number of rotatable bonds is 5. The third kappa shape index (κ3) is 3.42. The van der Waals surface area contributed by atoms with Gasteiger partial charge in [-0.2, -0.15) is 0 Å². The molecule has 0 saturated heterocycles.